The molecule has 0 aliphatic rings. The fourth-order valence-electron chi connectivity index (χ4n) is 3.51. The largest absolute Gasteiger partial charge is 0.490 e. The van der Waals surface area contributed by atoms with E-state index in [2.05, 4.69) is 15.0 Å². The number of benzene rings is 1. The summed E-state index contributed by atoms with van der Waals surface area (Å²) >= 11 is 18.3. The fourth-order valence-corrected chi connectivity index (χ4v) is 4.12. The molecule has 174 valence electrons. The van der Waals surface area contributed by atoms with Crippen LogP contribution in [0.5, 0.6) is 5.75 Å². The van der Waals surface area contributed by atoms with Crippen molar-refractivity contribution in [2.75, 3.05) is 0 Å². The summed E-state index contributed by atoms with van der Waals surface area (Å²) in [5, 5.41) is 0.417. The van der Waals surface area contributed by atoms with Crippen molar-refractivity contribution in [3.63, 3.8) is 0 Å². The Hall–Kier alpha value is -2.28. The van der Waals surface area contributed by atoms with Gasteiger partial charge in [0.2, 0.25) is 0 Å². The van der Waals surface area contributed by atoms with Gasteiger partial charge in [0.15, 0.2) is 11.0 Å². The van der Waals surface area contributed by atoms with Crippen molar-refractivity contribution >= 4 is 40.6 Å². The van der Waals surface area contributed by atoms with E-state index in [1.54, 1.807) is 19.1 Å². The lowest BCUT2D eigenvalue weighted by Crippen LogP contribution is -2.17. The van der Waals surface area contributed by atoms with E-state index in [0.717, 1.165) is 0 Å². The van der Waals surface area contributed by atoms with Crippen LogP contribution < -0.4 is 4.74 Å². The number of ether oxygens (including phenoxy) is 1. The lowest BCUT2D eigenvalue weighted by molar-refractivity contribution is -0.120. The number of Topliss-reactive ketones (excluding diaryl/α,β-unsaturated/α-hetero) is 1. The van der Waals surface area contributed by atoms with Crippen LogP contribution in [0.15, 0.2) is 36.8 Å². The van der Waals surface area contributed by atoms with Crippen LogP contribution in [0.1, 0.15) is 57.2 Å². The summed E-state index contributed by atoms with van der Waals surface area (Å²) in [7, 11) is 0. The van der Waals surface area contributed by atoms with Crippen molar-refractivity contribution in [3.8, 4) is 16.9 Å². The molecule has 0 aliphatic carbocycles. The summed E-state index contributed by atoms with van der Waals surface area (Å²) in [5.41, 5.74) is 1.61. The molecule has 0 amide bonds. The second kappa shape index (κ2) is 10.8. The summed E-state index contributed by atoms with van der Waals surface area (Å²) in [6.45, 7) is 7.25. The molecule has 0 bridgehead atoms. The molecule has 1 aromatic carbocycles. The molecule has 5 nitrogen and oxygen atoms in total. The predicted octanol–water partition coefficient (Wildman–Crippen LogP) is 7.29. The van der Waals surface area contributed by atoms with Gasteiger partial charge in [-0.25, -0.2) is 14.4 Å². The molecule has 0 radical (unpaired) electrons. The monoisotopic (exact) mass is 509 g/mol. The van der Waals surface area contributed by atoms with Crippen LogP contribution in [0, 0.1) is 5.82 Å². The van der Waals surface area contributed by atoms with E-state index in [0.29, 0.717) is 16.8 Å². The average molecular weight is 511 g/mol. The Morgan fingerprint density at radius 3 is 2.36 bits per heavy atom. The smallest absolute Gasteiger partial charge is 0.153 e. The Kier molecular flexibility index (Phi) is 8.27. The Morgan fingerprint density at radius 1 is 1.06 bits per heavy atom. The Labute approximate surface area is 207 Å². The first kappa shape index (κ1) is 25.3. The summed E-state index contributed by atoms with van der Waals surface area (Å²) in [6.07, 6.45) is 4.35. The SMILES string of the molecule is CC(C)Oc1c([C@H](C)C(=O)CC(C)c2nccnc2Cl)cc(Cl)c(F)c1-c1ccc(Cl)nc1. The van der Waals surface area contributed by atoms with Gasteiger partial charge in [-0.1, -0.05) is 48.7 Å². The van der Waals surface area contributed by atoms with Crippen molar-refractivity contribution in [3.05, 3.63) is 69.2 Å². The fraction of sp³-hybridized carbons (Fsp3) is 0.333. The number of rotatable bonds is 8. The highest BCUT2D eigenvalue weighted by atomic mass is 35.5. The molecule has 3 rings (SSSR count). The van der Waals surface area contributed by atoms with Crippen molar-refractivity contribution in [1.29, 1.82) is 0 Å². The normalized spacial score (nSPS) is 13.1. The molecular weight excluding hydrogens is 488 g/mol. The number of aromatic nitrogens is 3. The number of halogens is 4. The van der Waals surface area contributed by atoms with E-state index in [9.17, 15) is 4.79 Å². The number of ketones is 1. The van der Waals surface area contributed by atoms with E-state index < -0.39 is 11.7 Å². The van der Waals surface area contributed by atoms with Crippen LogP contribution in [0.25, 0.3) is 11.1 Å². The molecule has 0 saturated carbocycles. The Bertz CT molecular complexity index is 1160. The first-order valence-corrected chi connectivity index (χ1v) is 11.5. The van der Waals surface area contributed by atoms with Gasteiger partial charge in [0.1, 0.15) is 16.7 Å². The molecule has 1 unspecified atom stereocenters. The van der Waals surface area contributed by atoms with E-state index in [1.165, 1.54) is 24.7 Å². The number of pyridine rings is 1. The van der Waals surface area contributed by atoms with Crippen LogP contribution in [0.3, 0.4) is 0 Å². The van der Waals surface area contributed by atoms with E-state index in [1.807, 2.05) is 20.8 Å². The average Bonchev–Trinajstić information content (AvgIpc) is 2.76. The first-order chi connectivity index (χ1) is 15.6. The summed E-state index contributed by atoms with van der Waals surface area (Å²) in [6, 6.07) is 4.63. The predicted molar refractivity (Wildman–Crippen MR) is 129 cm³/mol. The zero-order chi connectivity index (χ0) is 24.3. The van der Waals surface area contributed by atoms with Crippen molar-refractivity contribution < 1.29 is 13.9 Å². The molecule has 2 heterocycles. The molecule has 2 atom stereocenters. The maximum atomic E-state index is 15.2. The summed E-state index contributed by atoms with van der Waals surface area (Å²) in [4.78, 5) is 25.6. The third kappa shape index (κ3) is 5.81. The number of nitrogens with zero attached hydrogens (tertiary/aromatic N) is 3. The second-order valence-corrected chi connectivity index (χ2v) is 9.18. The highest BCUT2D eigenvalue weighted by Gasteiger charge is 2.28. The van der Waals surface area contributed by atoms with E-state index in [4.69, 9.17) is 39.5 Å². The molecule has 0 N–H and O–H groups in total. The van der Waals surface area contributed by atoms with Crippen LogP contribution in [0.2, 0.25) is 15.3 Å². The topological polar surface area (TPSA) is 65.0 Å². The Morgan fingerprint density at radius 2 is 1.76 bits per heavy atom. The van der Waals surface area contributed by atoms with Gasteiger partial charge < -0.3 is 4.74 Å². The van der Waals surface area contributed by atoms with Crippen molar-refractivity contribution in [1.82, 2.24) is 15.0 Å². The third-order valence-electron chi connectivity index (χ3n) is 5.17. The Balaban J connectivity index is 2.04. The molecule has 2 aromatic heterocycles. The van der Waals surface area contributed by atoms with Gasteiger partial charge in [-0.2, -0.15) is 0 Å². The summed E-state index contributed by atoms with van der Waals surface area (Å²) in [5.74, 6) is -1.39. The minimum Gasteiger partial charge on any atom is -0.490 e. The second-order valence-electron chi connectivity index (χ2n) is 8.03. The molecule has 33 heavy (non-hydrogen) atoms. The molecule has 0 spiro atoms. The van der Waals surface area contributed by atoms with E-state index in [-0.39, 0.29) is 50.9 Å². The first-order valence-electron chi connectivity index (χ1n) is 10.4. The maximum Gasteiger partial charge on any atom is 0.153 e. The standard InChI is InChI=1S/C24H23Cl3FN3O2/c1-12(2)33-23-16(10-17(25)21(28)20(23)15-5-6-19(26)31-11-15)14(4)18(32)9-13(3)22-24(27)30-8-7-29-22/h5-8,10-14H,9H2,1-4H3/t13?,14-/m0/s1. The van der Waals surface area contributed by atoms with Crippen molar-refractivity contribution in [2.45, 2.75) is 52.1 Å². The third-order valence-corrected chi connectivity index (χ3v) is 5.96. The van der Waals surface area contributed by atoms with E-state index >= 15 is 4.39 Å². The highest BCUT2D eigenvalue weighted by Crippen LogP contribution is 2.43. The molecule has 9 heteroatoms. The van der Waals surface area contributed by atoms with Gasteiger partial charge >= 0.3 is 0 Å². The number of hydrogen-bond donors (Lipinski definition) is 0. The zero-order valence-electron chi connectivity index (χ0n) is 18.6. The van der Waals surface area contributed by atoms with Gasteiger partial charge in [-0.15, -0.1) is 0 Å². The maximum absolute atomic E-state index is 15.2. The number of carbonyl (C=O) groups excluding carboxylic acids is 1. The van der Waals surface area contributed by atoms with Crippen LogP contribution >= 0.6 is 34.8 Å². The van der Waals surface area contributed by atoms with Crippen LogP contribution in [-0.4, -0.2) is 26.8 Å². The molecule has 0 fully saturated rings. The van der Waals surface area contributed by atoms with Crippen LogP contribution in [0.4, 0.5) is 4.39 Å². The zero-order valence-corrected chi connectivity index (χ0v) is 20.8. The number of hydrogen-bond acceptors (Lipinski definition) is 5. The molecular formula is C24H23Cl3FN3O2. The van der Waals surface area contributed by atoms with Crippen LogP contribution in [-0.2, 0) is 4.79 Å². The van der Waals surface area contributed by atoms with Gasteiger partial charge in [0.05, 0.1) is 22.4 Å². The number of carbonyl (C=O) groups is 1. The summed E-state index contributed by atoms with van der Waals surface area (Å²) < 4.78 is 21.3. The van der Waals surface area contributed by atoms with Gasteiger partial charge in [-0.3, -0.25) is 9.78 Å². The highest BCUT2D eigenvalue weighted by molar-refractivity contribution is 6.31. The minimum absolute atomic E-state index is 0.0966. The molecule has 0 aliphatic heterocycles. The quantitative estimate of drug-likeness (QED) is 0.298. The minimum atomic E-state index is -0.653. The van der Waals surface area contributed by atoms with Crippen molar-refractivity contribution in [2.24, 2.45) is 0 Å². The van der Waals surface area contributed by atoms with Gasteiger partial charge in [0.25, 0.3) is 0 Å². The lowest BCUT2D eigenvalue weighted by atomic mass is 9.87. The van der Waals surface area contributed by atoms with Gasteiger partial charge in [0, 0.05) is 48.0 Å². The molecule has 3 aromatic rings. The lowest BCUT2D eigenvalue weighted by Gasteiger charge is -2.23. The molecule has 0 saturated heterocycles. The van der Waals surface area contributed by atoms with Gasteiger partial charge in [-0.05, 0) is 32.0 Å².